The summed E-state index contributed by atoms with van der Waals surface area (Å²) in [6.07, 6.45) is 0. The van der Waals surface area contributed by atoms with Gasteiger partial charge < -0.3 is 15.0 Å². The molecule has 38 heavy (non-hydrogen) atoms. The molecule has 202 valence electrons. The standard InChI is InChI=1S/C29H35N3O5S/c1-6-30-29(34)23(4)31(19-24-13-15-25(37-5)16-14-24)28(33)20-32(27-10-8-7-9-22(27)3)38(35,36)26-17-11-21(2)12-18-26/h7-18,23H,6,19-20H2,1-5H3,(H,30,34). The Morgan fingerprint density at radius 3 is 2.16 bits per heavy atom. The van der Waals surface area contributed by atoms with E-state index in [0.717, 1.165) is 15.4 Å². The van der Waals surface area contributed by atoms with Crippen molar-refractivity contribution in [3.05, 3.63) is 89.5 Å². The molecule has 0 radical (unpaired) electrons. The minimum Gasteiger partial charge on any atom is -0.497 e. The maximum absolute atomic E-state index is 13.9. The van der Waals surface area contributed by atoms with Crippen molar-refractivity contribution in [3.63, 3.8) is 0 Å². The summed E-state index contributed by atoms with van der Waals surface area (Å²) in [5.41, 5.74) is 2.80. The zero-order chi connectivity index (χ0) is 27.9. The molecular weight excluding hydrogens is 502 g/mol. The molecule has 0 spiro atoms. The molecule has 9 heteroatoms. The molecule has 2 amide bonds. The Hall–Kier alpha value is -3.85. The van der Waals surface area contributed by atoms with Crippen molar-refractivity contribution in [2.24, 2.45) is 0 Å². The predicted octanol–water partition coefficient (Wildman–Crippen LogP) is 4.06. The van der Waals surface area contributed by atoms with Gasteiger partial charge in [-0.1, -0.05) is 48.0 Å². The Bertz CT molecular complexity index is 1360. The third-order valence-corrected chi connectivity index (χ3v) is 8.08. The summed E-state index contributed by atoms with van der Waals surface area (Å²) in [6.45, 7) is 7.16. The summed E-state index contributed by atoms with van der Waals surface area (Å²) in [7, 11) is -2.53. The number of aryl methyl sites for hydroxylation is 2. The molecule has 0 bridgehead atoms. The first-order valence-corrected chi connectivity index (χ1v) is 13.9. The van der Waals surface area contributed by atoms with Crippen LogP contribution in [0.15, 0.2) is 77.7 Å². The molecule has 3 aromatic carbocycles. The zero-order valence-electron chi connectivity index (χ0n) is 22.5. The number of ether oxygens (including phenoxy) is 1. The van der Waals surface area contributed by atoms with Crippen LogP contribution < -0.4 is 14.4 Å². The smallest absolute Gasteiger partial charge is 0.264 e. The summed E-state index contributed by atoms with van der Waals surface area (Å²) in [5.74, 6) is -0.157. The number of carbonyl (C=O) groups excluding carboxylic acids is 2. The van der Waals surface area contributed by atoms with Crippen molar-refractivity contribution in [1.82, 2.24) is 10.2 Å². The van der Waals surface area contributed by atoms with Gasteiger partial charge in [0.1, 0.15) is 18.3 Å². The van der Waals surface area contributed by atoms with Gasteiger partial charge in [0, 0.05) is 13.1 Å². The van der Waals surface area contributed by atoms with Crippen molar-refractivity contribution in [3.8, 4) is 5.75 Å². The second kappa shape index (κ2) is 12.6. The van der Waals surface area contributed by atoms with Gasteiger partial charge in [-0.3, -0.25) is 13.9 Å². The Kier molecular flexibility index (Phi) is 9.52. The van der Waals surface area contributed by atoms with Gasteiger partial charge in [-0.15, -0.1) is 0 Å². The first-order valence-electron chi connectivity index (χ1n) is 12.4. The lowest BCUT2D eigenvalue weighted by molar-refractivity contribution is -0.139. The molecule has 1 N–H and O–H groups in total. The molecule has 3 rings (SSSR count). The number of methoxy groups -OCH3 is 1. The van der Waals surface area contributed by atoms with Crippen molar-refractivity contribution < 1.29 is 22.7 Å². The summed E-state index contributed by atoms with van der Waals surface area (Å²) < 4.78 is 34.0. The normalized spacial score (nSPS) is 11.9. The third kappa shape index (κ3) is 6.72. The highest BCUT2D eigenvalue weighted by Crippen LogP contribution is 2.27. The van der Waals surface area contributed by atoms with Gasteiger partial charge in [0.25, 0.3) is 10.0 Å². The van der Waals surface area contributed by atoms with Crippen LogP contribution in [0.3, 0.4) is 0 Å². The molecule has 0 saturated heterocycles. The third-order valence-electron chi connectivity index (χ3n) is 6.30. The minimum absolute atomic E-state index is 0.0811. The van der Waals surface area contributed by atoms with Crippen LogP contribution in [0, 0.1) is 13.8 Å². The van der Waals surface area contributed by atoms with E-state index in [9.17, 15) is 18.0 Å². The number of nitrogens with one attached hydrogen (secondary N) is 1. The van der Waals surface area contributed by atoms with Crippen LogP contribution in [-0.2, 0) is 26.2 Å². The van der Waals surface area contributed by atoms with E-state index in [-0.39, 0.29) is 17.3 Å². The van der Waals surface area contributed by atoms with E-state index in [1.54, 1.807) is 70.3 Å². The molecule has 3 aromatic rings. The Morgan fingerprint density at radius 1 is 0.947 bits per heavy atom. The second-order valence-corrected chi connectivity index (χ2v) is 10.9. The maximum atomic E-state index is 13.9. The lowest BCUT2D eigenvalue weighted by atomic mass is 10.1. The average Bonchev–Trinajstić information content (AvgIpc) is 2.91. The van der Waals surface area contributed by atoms with Gasteiger partial charge in [-0.25, -0.2) is 8.42 Å². The van der Waals surface area contributed by atoms with Crippen LogP contribution in [0.1, 0.15) is 30.5 Å². The summed E-state index contributed by atoms with van der Waals surface area (Å²) in [5, 5.41) is 2.76. The largest absolute Gasteiger partial charge is 0.497 e. The SMILES string of the molecule is CCNC(=O)C(C)N(Cc1ccc(OC)cc1)C(=O)CN(c1ccccc1C)S(=O)(=O)c1ccc(C)cc1. The summed E-state index contributed by atoms with van der Waals surface area (Å²) in [6, 6.07) is 19.9. The number of rotatable bonds is 11. The van der Waals surface area contributed by atoms with E-state index in [2.05, 4.69) is 5.32 Å². The molecule has 1 unspecified atom stereocenters. The summed E-state index contributed by atoms with van der Waals surface area (Å²) in [4.78, 5) is 28.1. The number of para-hydroxylation sites is 1. The molecule has 0 aromatic heterocycles. The highest BCUT2D eigenvalue weighted by atomic mass is 32.2. The van der Waals surface area contributed by atoms with Gasteiger partial charge in [-0.2, -0.15) is 0 Å². The van der Waals surface area contributed by atoms with Gasteiger partial charge in [0.2, 0.25) is 11.8 Å². The van der Waals surface area contributed by atoms with Gasteiger partial charge >= 0.3 is 0 Å². The molecule has 0 saturated carbocycles. The van der Waals surface area contributed by atoms with Crippen LogP contribution in [0.4, 0.5) is 5.69 Å². The molecule has 0 fully saturated rings. The molecule has 0 aliphatic heterocycles. The lowest BCUT2D eigenvalue weighted by Gasteiger charge is -2.32. The van der Waals surface area contributed by atoms with Crippen LogP contribution in [0.25, 0.3) is 0 Å². The highest BCUT2D eigenvalue weighted by Gasteiger charge is 2.33. The fourth-order valence-corrected chi connectivity index (χ4v) is 5.50. The number of hydrogen-bond donors (Lipinski definition) is 1. The molecule has 0 aliphatic carbocycles. The van der Waals surface area contributed by atoms with Crippen LogP contribution in [0.2, 0.25) is 0 Å². The van der Waals surface area contributed by atoms with Crippen molar-refractivity contribution in [1.29, 1.82) is 0 Å². The van der Waals surface area contributed by atoms with E-state index in [1.165, 1.54) is 17.0 Å². The van der Waals surface area contributed by atoms with E-state index >= 15 is 0 Å². The van der Waals surface area contributed by atoms with E-state index in [0.29, 0.717) is 23.5 Å². The first-order chi connectivity index (χ1) is 18.1. The zero-order valence-corrected chi connectivity index (χ0v) is 23.3. The number of sulfonamides is 1. The summed E-state index contributed by atoms with van der Waals surface area (Å²) >= 11 is 0. The van der Waals surface area contributed by atoms with Gasteiger partial charge in [0.05, 0.1) is 17.7 Å². The molecular formula is C29H35N3O5S. The van der Waals surface area contributed by atoms with E-state index < -0.39 is 28.5 Å². The average molecular weight is 538 g/mol. The second-order valence-electron chi connectivity index (χ2n) is 9.05. The first kappa shape index (κ1) is 28.7. The number of benzene rings is 3. The van der Waals surface area contributed by atoms with Gasteiger partial charge in [0.15, 0.2) is 0 Å². The van der Waals surface area contributed by atoms with Crippen LogP contribution in [-0.4, -0.2) is 51.4 Å². The van der Waals surface area contributed by atoms with Crippen molar-refractivity contribution in [2.75, 3.05) is 24.5 Å². The molecule has 8 nitrogen and oxygen atoms in total. The maximum Gasteiger partial charge on any atom is 0.264 e. The number of nitrogens with zero attached hydrogens (tertiary/aromatic N) is 2. The molecule has 1 atom stereocenters. The Morgan fingerprint density at radius 2 is 1.58 bits per heavy atom. The van der Waals surface area contributed by atoms with Crippen LogP contribution >= 0.6 is 0 Å². The fraction of sp³-hybridized carbons (Fsp3) is 0.310. The Labute approximate surface area is 225 Å². The number of carbonyl (C=O) groups is 2. The molecule has 0 heterocycles. The van der Waals surface area contributed by atoms with Gasteiger partial charge in [-0.05, 0) is 69.2 Å². The number of anilines is 1. The number of hydrogen-bond acceptors (Lipinski definition) is 5. The lowest BCUT2D eigenvalue weighted by Crippen LogP contribution is -2.51. The predicted molar refractivity (Wildman–Crippen MR) is 149 cm³/mol. The van der Waals surface area contributed by atoms with Crippen molar-refractivity contribution in [2.45, 2.75) is 45.2 Å². The fourth-order valence-electron chi connectivity index (χ4n) is 4.03. The van der Waals surface area contributed by atoms with E-state index in [1.807, 2.05) is 25.1 Å². The number of likely N-dealkylation sites (N-methyl/N-ethyl adjacent to an activating group) is 1. The minimum atomic E-state index is -4.09. The topological polar surface area (TPSA) is 96.0 Å². The Balaban J connectivity index is 2.03. The van der Waals surface area contributed by atoms with E-state index in [4.69, 9.17) is 4.74 Å². The highest BCUT2D eigenvalue weighted by molar-refractivity contribution is 7.92. The van der Waals surface area contributed by atoms with Crippen molar-refractivity contribution >= 4 is 27.5 Å². The van der Waals surface area contributed by atoms with Crippen LogP contribution in [0.5, 0.6) is 5.75 Å². The molecule has 0 aliphatic rings. The number of amides is 2. The monoisotopic (exact) mass is 537 g/mol. The quantitative estimate of drug-likeness (QED) is 0.398.